The predicted octanol–water partition coefficient (Wildman–Crippen LogP) is 6.66. The van der Waals surface area contributed by atoms with E-state index in [0.29, 0.717) is 31.9 Å². The van der Waals surface area contributed by atoms with Gasteiger partial charge in [0, 0.05) is 33.4 Å². The Hall–Kier alpha value is -0.906. The smallest absolute Gasteiger partial charge is 0.412 e. The number of esters is 1. The molecule has 0 aromatic heterocycles. The molecular formula is C28H53NO6Si2. The molecular weight excluding hydrogens is 502 g/mol. The highest BCUT2D eigenvalue weighted by molar-refractivity contribution is 6.76. The molecule has 3 aliphatic rings. The summed E-state index contributed by atoms with van der Waals surface area (Å²) < 4.78 is 25.9. The molecule has 9 heteroatoms. The van der Waals surface area contributed by atoms with E-state index in [4.69, 9.17) is 18.6 Å². The van der Waals surface area contributed by atoms with Crippen LogP contribution in [0, 0.1) is 17.8 Å². The van der Waals surface area contributed by atoms with Crippen molar-refractivity contribution in [2.45, 2.75) is 135 Å². The zero-order valence-electron chi connectivity index (χ0n) is 24.9. The van der Waals surface area contributed by atoms with E-state index in [1.54, 1.807) is 0 Å². The molecule has 0 unspecified atom stereocenters. The lowest BCUT2D eigenvalue weighted by Crippen LogP contribution is -2.61. The maximum Gasteiger partial charge on any atom is 0.412 e. The van der Waals surface area contributed by atoms with Gasteiger partial charge in [-0.25, -0.2) is 4.79 Å². The summed E-state index contributed by atoms with van der Waals surface area (Å²) in [6, 6.07) is 4.04. The monoisotopic (exact) mass is 555 g/mol. The zero-order valence-corrected chi connectivity index (χ0v) is 26.9. The molecule has 214 valence electrons. The van der Waals surface area contributed by atoms with Crippen molar-refractivity contribution in [2.75, 3.05) is 13.2 Å². The van der Waals surface area contributed by atoms with Gasteiger partial charge < -0.3 is 18.6 Å². The van der Waals surface area contributed by atoms with Gasteiger partial charge in [-0.1, -0.05) is 61.2 Å². The minimum absolute atomic E-state index is 0.120. The van der Waals surface area contributed by atoms with Crippen molar-refractivity contribution in [3.8, 4) is 0 Å². The number of hydrogen-bond donors (Lipinski definition) is 0. The highest BCUT2D eigenvalue weighted by atomic mass is 28.4. The summed E-state index contributed by atoms with van der Waals surface area (Å²) >= 11 is 0. The first-order valence-corrected chi connectivity index (χ1v) is 21.0. The van der Waals surface area contributed by atoms with Crippen molar-refractivity contribution >= 4 is 28.5 Å². The van der Waals surface area contributed by atoms with Crippen LogP contribution in [0.2, 0.25) is 43.8 Å². The number of cyclic esters (lactones) is 1. The Bertz CT molecular complexity index is 792. The van der Waals surface area contributed by atoms with Crippen LogP contribution >= 0.6 is 0 Å². The van der Waals surface area contributed by atoms with Crippen LogP contribution in [-0.2, 0) is 23.4 Å². The molecule has 0 radical (unpaired) electrons. The number of piperidine rings is 1. The summed E-state index contributed by atoms with van der Waals surface area (Å²) in [4.78, 5) is 27.9. The van der Waals surface area contributed by atoms with Gasteiger partial charge in [0.2, 0.25) is 0 Å². The molecule has 0 saturated carbocycles. The molecule has 0 aromatic carbocycles. The molecule has 0 N–H and O–H groups in total. The third kappa shape index (κ3) is 7.00. The molecule has 0 aliphatic carbocycles. The molecule has 0 bridgehead atoms. The van der Waals surface area contributed by atoms with E-state index >= 15 is 0 Å². The van der Waals surface area contributed by atoms with Gasteiger partial charge in [0.1, 0.15) is 12.2 Å². The number of ether oxygens (including phenoxy) is 3. The Morgan fingerprint density at radius 2 is 1.70 bits per heavy atom. The maximum absolute atomic E-state index is 13.6. The third-order valence-corrected chi connectivity index (χ3v) is 15.5. The molecule has 3 rings (SSSR count). The van der Waals surface area contributed by atoms with Crippen LogP contribution in [0.4, 0.5) is 4.79 Å². The minimum Gasteiger partial charge on any atom is -0.459 e. The van der Waals surface area contributed by atoms with Crippen molar-refractivity contribution in [3.05, 3.63) is 0 Å². The molecule has 0 aromatic rings. The van der Waals surface area contributed by atoms with Crippen LogP contribution in [0.15, 0.2) is 0 Å². The Morgan fingerprint density at radius 1 is 1.05 bits per heavy atom. The number of carbonyl (C=O) groups excluding carboxylic acids is 2. The van der Waals surface area contributed by atoms with E-state index in [1.165, 1.54) is 0 Å². The first kappa shape index (κ1) is 30.6. The van der Waals surface area contributed by atoms with Crippen molar-refractivity contribution in [1.82, 2.24) is 4.90 Å². The van der Waals surface area contributed by atoms with Crippen LogP contribution < -0.4 is 0 Å². The van der Waals surface area contributed by atoms with Crippen molar-refractivity contribution in [1.29, 1.82) is 0 Å². The second-order valence-electron chi connectivity index (χ2n) is 13.4. The number of rotatable bonds is 9. The van der Waals surface area contributed by atoms with Gasteiger partial charge in [0.25, 0.3) is 0 Å². The van der Waals surface area contributed by atoms with Gasteiger partial charge in [-0.05, 0) is 48.9 Å². The highest BCUT2D eigenvalue weighted by Crippen LogP contribution is 2.49. The normalized spacial score (nSPS) is 35.1. The van der Waals surface area contributed by atoms with Crippen LogP contribution in [0.1, 0.15) is 67.2 Å². The predicted molar refractivity (Wildman–Crippen MR) is 152 cm³/mol. The quantitative estimate of drug-likeness (QED) is 0.234. The molecule has 37 heavy (non-hydrogen) atoms. The lowest BCUT2D eigenvalue weighted by Gasteiger charge is -2.49. The molecule has 3 fully saturated rings. The van der Waals surface area contributed by atoms with Crippen LogP contribution in [0.3, 0.4) is 0 Å². The lowest BCUT2D eigenvalue weighted by molar-refractivity contribution is -0.216. The van der Waals surface area contributed by atoms with Crippen molar-refractivity contribution in [3.63, 3.8) is 0 Å². The second-order valence-corrected chi connectivity index (χ2v) is 23.7. The van der Waals surface area contributed by atoms with E-state index in [0.717, 1.165) is 37.0 Å². The Balaban J connectivity index is 1.94. The number of hydrogen-bond acceptors (Lipinski definition) is 6. The Kier molecular flexibility index (Phi) is 10.0. The molecule has 3 aliphatic heterocycles. The number of carbonyl (C=O) groups is 2. The molecule has 3 heterocycles. The van der Waals surface area contributed by atoms with E-state index in [-0.39, 0.29) is 42.2 Å². The first-order valence-electron chi connectivity index (χ1n) is 14.8. The average molecular weight is 556 g/mol. The SMILES string of the molecule is CC[Si](CC)(CC)O[C@H]1C[C@@]2(O[C@H]1[C@@H]1C[C@@H](C)CC(=O)O1)[C@H](C)C[C@H](C)CN2C(=O)OCC[Si](C)(C)C. The molecule has 7 atom stereocenters. The van der Waals surface area contributed by atoms with E-state index in [2.05, 4.69) is 61.2 Å². The topological polar surface area (TPSA) is 74.3 Å². The minimum atomic E-state index is -1.98. The van der Waals surface area contributed by atoms with Crippen LogP contribution in [0.5, 0.6) is 0 Å². The van der Waals surface area contributed by atoms with Crippen LogP contribution in [-0.4, -0.2) is 70.5 Å². The summed E-state index contributed by atoms with van der Waals surface area (Å²) in [5.74, 6) is 0.554. The molecule has 7 nitrogen and oxygen atoms in total. The zero-order chi connectivity index (χ0) is 27.6. The Labute approximate surface area is 227 Å². The molecule has 3 saturated heterocycles. The standard InChI is InChI=1S/C28H53NO6Si2/c1-10-37(11-2,12-3)35-24-18-28(34-26(24)23-16-20(4)17-25(30)33-23)22(6)15-21(5)19-29(28)27(31)32-13-14-36(7,8)9/h20-24,26H,10-19H2,1-9H3/t20-,21+,22-,23+,24+,26+,28-/m1/s1. The van der Waals surface area contributed by atoms with Gasteiger partial charge in [-0.2, -0.15) is 0 Å². The van der Waals surface area contributed by atoms with Gasteiger partial charge in [0.05, 0.1) is 12.7 Å². The van der Waals surface area contributed by atoms with E-state index in [9.17, 15) is 9.59 Å². The summed E-state index contributed by atoms with van der Waals surface area (Å²) in [7, 11) is -3.31. The summed E-state index contributed by atoms with van der Waals surface area (Å²) in [5, 5.41) is 0. The Morgan fingerprint density at radius 3 is 2.27 bits per heavy atom. The fourth-order valence-electron chi connectivity index (χ4n) is 6.58. The highest BCUT2D eigenvalue weighted by Gasteiger charge is 2.61. The molecule has 1 spiro atoms. The lowest BCUT2D eigenvalue weighted by atomic mass is 9.80. The van der Waals surface area contributed by atoms with E-state index < -0.39 is 22.1 Å². The fourth-order valence-corrected chi connectivity index (χ4v) is 10.2. The van der Waals surface area contributed by atoms with Gasteiger partial charge in [0.15, 0.2) is 14.0 Å². The number of likely N-dealkylation sites (tertiary alicyclic amines) is 1. The van der Waals surface area contributed by atoms with Gasteiger partial charge in [-0.15, -0.1) is 0 Å². The first-order chi connectivity index (χ1) is 17.3. The van der Waals surface area contributed by atoms with Crippen molar-refractivity contribution in [2.24, 2.45) is 17.8 Å². The maximum atomic E-state index is 13.6. The summed E-state index contributed by atoms with van der Waals surface area (Å²) in [5.41, 5.74) is -0.805. The van der Waals surface area contributed by atoms with Gasteiger partial charge >= 0.3 is 12.1 Å². The number of nitrogens with zero attached hydrogens (tertiary/aromatic N) is 1. The molecule has 1 amide bonds. The largest absolute Gasteiger partial charge is 0.459 e. The van der Waals surface area contributed by atoms with Crippen molar-refractivity contribution < 1.29 is 28.2 Å². The third-order valence-electron chi connectivity index (χ3n) is 9.11. The number of amides is 1. The second kappa shape index (κ2) is 12.1. The van der Waals surface area contributed by atoms with Gasteiger partial charge in [-0.3, -0.25) is 9.69 Å². The fraction of sp³-hybridized carbons (Fsp3) is 0.929. The summed E-state index contributed by atoms with van der Waals surface area (Å²) in [6.45, 7) is 21.1. The van der Waals surface area contributed by atoms with E-state index in [1.807, 2.05) is 4.90 Å². The summed E-state index contributed by atoms with van der Waals surface area (Å²) in [6.07, 6.45) is 1.56. The van der Waals surface area contributed by atoms with Crippen LogP contribution in [0.25, 0.3) is 0 Å². The average Bonchev–Trinajstić information content (AvgIpc) is 3.18.